The van der Waals surface area contributed by atoms with Gasteiger partial charge in [0.05, 0.1) is 0 Å². The van der Waals surface area contributed by atoms with Gasteiger partial charge in [-0.1, -0.05) is 0 Å². The van der Waals surface area contributed by atoms with Gasteiger partial charge in [0, 0.05) is 19.1 Å². The molecule has 0 spiro atoms. The van der Waals surface area contributed by atoms with E-state index in [2.05, 4.69) is 0 Å². The molecule has 0 radical (unpaired) electrons. The Labute approximate surface area is 91.8 Å². The number of nitrogens with zero attached hydrogens (tertiary/aromatic N) is 1. The lowest BCUT2D eigenvalue weighted by molar-refractivity contribution is 0.0455. The Morgan fingerprint density at radius 1 is 1.27 bits per heavy atom. The van der Waals surface area contributed by atoms with Crippen LogP contribution in [-0.2, 0) is 4.74 Å². The van der Waals surface area contributed by atoms with E-state index in [0.717, 1.165) is 25.7 Å². The summed E-state index contributed by atoms with van der Waals surface area (Å²) in [6.07, 6.45) is 3.66. The predicted molar refractivity (Wildman–Crippen MR) is 59.6 cm³/mol. The molecule has 15 heavy (non-hydrogen) atoms. The van der Waals surface area contributed by atoms with Crippen molar-refractivity contribution in [1.82, 2.24) is 4.90 Å². The molecule has 0 aromatic carbocycles. The summed E-state index contributed by atoms with van der Waals surface area (Å²) in [4.78, 5) is 13.3. The van der Waals surface area contributed by atoms with Gasteiger partial charge in [-0.15, -0.1) is 0 Å². The van der Waals surface area contributed by atoms with Crippen molar-refractivity contribution in [3.05, 3.63) is 0 Å². The zero-order valence-electron chi connectivity index (χ0n) is 9.74. The smallest absolute Gasteiger partial charge is 0.410 e. The summed E-state index contributed by atoms with van der Waals surface area (Å²) in [6, 6.07) is 0.299. The van der Waals surface area contributed by atoms with E-state index in [1.54, 1.807) is 4.90 Å². The fourth-order valence-electron chi connectivity index (χ4n) is 1.91. The van der Waals surface area contributed by atoms with Crippen LogP contribution < -0.4 is 5.73 Å². The summed E-state index contributed by atoms with van der Waals surface area (Å²) in [5, 5.41) is 0. The lowest BCUT2D eigenvalue weighted by Crippen LogP contribution is -2.37. The van der Waals surface area contributed by atoms with E-state index in [-0.39, 0.29) is 12.2 Å². The number of ether oxygens (including phenoxy) is 1. The standard InChI is InChI=1S/C11H22N2O2/c1-3-13(4-2)11(14)15-10-7-5-9(12)6-8-10/h9-10H,3-8,12H2,1-2H3. The molecule has 0 unspecified atom stereocenters. The number of rotatable bonds is 3. The van der Waals surface area contributed by atoms with Gasteiger partial charge in [0.1, 0.15) is 6.10 Å². The molecule has 0 aliphatic heterocycles. The van der Waals surface area contributed by atoms with Crippen molar-refractivity contribution >= 4 is 6.09 Å². The summed E-state index contributed by atoms with van der Waals surface area (Å²) in [7, 11) is 0. The van der Waals surface area contributed by atoms with Crippen LogP contribution in [0.25, 0.3) is 0 Å². The molecule has 1 rings (SSSR count). The van der Waals surface area contributed by atoms with Gasteiger partial charge in [-0.2, -0.15) is 0 Å². The summed E-state index contributed by atoms with van der Waals surface area (Å²) < 4.78 is 5.42. The Hall–Kier alpha value is -0.770. The van der Waals surface area contributed by atoms with Gasteiger partial charge in [0.15, 0.2) is 0 Å². The van der Waals surface area contributed by atoms with Gasteiger partial charge in [0.2, 0.25) is 0 Å². The number of carbonyl (C=O) groups excluding carboxylic acids is 1. The fraction of sp³-hybridized carbons (Fsp3) is 0.909. The Morgan fingerprint density at radius 2 is 1.80 bits per heavy atom. The number of hydrogen-bond acceptors (Lipinski definition) is 3. The van der Waals surface area contributed by atoms with Crippen LogP contribution in [0, 0.1) is 0 Å². The van der Waals surface area contributed by atoms with Crippen LogP contribution in [0.5, 0.6) is 0 Å². The first-order valence-corrected chi connectivity index (χ1v) is 5.88. The molecule has 1 fully saturated rings. The SMILES string of the molecule is CCN(CC)C(=O)OC1CCC(N)CC1. The molecule has 2 N–H and O–H groups in total. The summed E-state index contributed by atoms with van der Waals surface area (Å²) in [5.74, 6) is 0. The maximum Gasteiger partial charge on any atom is 0.410 e. The average Bonchev–Trinajstić information content (AvgIpc) is 2.23. The van der Waals surface area contributed by atoms with Crippen molar-refractivity contribution in [3.8, 4) is 0 Å². The maximum atomic E-state index is 11.6. The lowest BCUT2D eigenvalue weighted by Gasteiger charge is -2.28. The average molecular weight is 214 g/mol. The minimum atomic E-state index is -0.180. The highest BCUT2D eigenvalue weighted by Gasteiger charge is 2.23. The van der Waals surface area contributed by atoms with Gasteiger partial charge in [-0.3, -0.25) is 0 Å². The molecule has 0 heterocycles. The quantitative estimate of drug-likeness (QED) is 0.778. The highest BCUT2D eigenvalue weighted by atomic mass is 16.6. The molecule has 1 aliphatic carbocycles. The first-order valence-electron chi connectivity index (χ1n) is 5.88. The van der Waals surface area contributed by atoms with Crippen molar-refractivity contribution in [2.75, 3.05) is 13.1 Å². The molecule has 1 saturated carbocycles. The minimum absolute atomic E-state index is 0.0814. The van der Waals surface area contributed by atoms with E-state index in [1.165, 1.54) is 0 Å². The Morgan fingerprint density at radius 3 is 2.27 bits per heavy atom. The molecule has 1 amide bonds. The highest BCUT2D eigenvalue weighted by Crippen LogP contribution is 2.20. The van der Waals surface area contributed by atoms with Crippen LogP contribution in [0.15, 0.2) is 0 Å². The van der Waals surface area contributed by atoms with E-state index >= 15 is 0 Å². The van der Waals surface area contributed by atoms with E-state index in [4.69, 9.17) is 10.5 Å². The van der Waals surface area contributed by atoms with Crippen LogP contribution >= 0.6 is 0 Å². The minimum Gasteiger partial charge on any atom is -0.446 e. The van der Waals surface area contributed by atoms with Crippen LogP contribution in [0.1, 0.15) is 39.5 Å². The first kappa shape index (κ1) is 12.3. The molecule has 0 atom stereocenters. The van der Waals surface area contributed by atoms with Gasteiger partial charge < -0.3 is 15.4 Å². The molecular weight excluding hydrogens is 192 g/mol. The zero-order chi connectivity index (χ0) is 11.3. The van der Waals surface area contributed by atoms with Crippen LogP contribution in [0.3, 0.4) is 0 Å². The third-order valence-electron chi connectivity index (χ3n) is 3.01. The second-order valence-corrected chi connectivity index (χ2v) is 4.09. The molecule has 0 aromatic heterocycles. The lowest BCUT2D eigenvalue weighted by atomic mass is 9.94. The molecule has 0 saturated heterocycles. The summed E-state index contributed by atoms with van der Waals surface area (Å²) in [5.41, 5.74) is 5.79. The van der Waals surface area contributed by atoms with Crippen molar-refractivity contribution in [2.24, 2.45) is 5.73 Å². The predicted octanol–water partition coefficient (Wildman–Crippen LogP) is 1.73. The normalized spacial score (nSPS) is 26.1. The molecule has 4 nitrogen and oxygen atoms in total. The van der Waals surface area contributed by atoms with Crippen molar-refractivity contribution < 1.29 is 9.53 Å². The monoisotopic (exact) mass is 214 g/mol. The first-order chi connectivity index (χ1) is 7.17. The van der Waals surface area contributed by atoms with Crippen molar-refractivity contribution in [3.63, 3.8) is 0 Å². The van der Waals surface area contributed by atoms with E-state index in [9.17, 15) is 4.79 Å². The topological polar surface area (TPSA) is 55.6 Å². The third kappa shape index (κ3) is 3.70. The second-order valence-electron chi connectivity index (χ2n) is 4.09. The third-order valence-corrected chi connectivity index (χ3v) is 3.01. The van der Waals surface area contributed by atoms with Crippen molar-refractivity contribution in [2.45, 2.75) is 51.7 Å². The van der Waals surface area contributed by atoms with Crippen LogP contribution in [0.4, 0.5) is 4.79 Å². The number of hydrogen-bond donors (Lipinski definition) is 1. The van der Waals surface area contributed by atoms with Gasteiger partial charge in [-0.05, 0) is 39.5 Å². The number of amides is 1. The molecule has 1 aliphatic rings. The molecule has 0 aromatic rings. The number of nitrogens with two attached hydrogens (primary N) is 1. The fourth-order valence-corrected chi connectivity index (χ4v) is 1.91. The Bertz CT molecular complexity index is 197. The number of carbonyl (C=O) groups is 1. The molecule has 88 valence electrons. The largest absolute Gasteiger partial charge is 0.446 e. The van der Waals surface area contributed by atoms with E-state index in [1.807, 2.05) is 13.8 Å². The van der Waals surface area contributed by atoms with E-state index in [0.29, 0.717) is 19.1 Å². The molecule has 0 bridgehead atoms. The Kier molecular flexibility index (Phi) is 4.88. The molecular formula is C11H22N2O2. The summed E-state index contributed by atoms with van der Waals surface area (Å²) in [6.45, 7) is 5.34. The molecule has 4 heteroatoms. The van der Waals surface area contributed by atoms with Gasteiger partial charge >= 0.3 is 6.09 Å². The second kappa shape index (κ2) is 5.95. The van der Waals surface area contributed by atoms with E-state index < -0.39 is 0 Å². The zero-order valence-corrected chi connectivity index (χ0v) is 9.74. The summed E-state index contributed by atoms with van der Waals surface area (Å²) >= 11 is 0. The highest BCUT2D eigenvalue weighted by molar-refractivity contribution is 5.67. The Balaban J connectivity index is 2.31. The van der Waals surface area contributed by atoms with Crippen LogP contribution in [-0.4, -0.2) is 36.2 Å². The van der Waals surface area contributed by atoms with Gasteiger partial charge in [0.25, 0.3) is 0 Å². The van der Waals surface area contributed by atoms with Gasteiger partial charge in [-0.25, -0.2) is 4.79 Å². The van der Waals surface area contributed by atoms with Crippen molar-refractivity contribution in [1.29, 1.82) is 0 Å². The van der Waals surface area contributed by atoms with Crippen LogP contribution in [0.2, 0.25) is 0 Å². The maximum absolute atomic E-state index is 11.6.